The minimum atomic E-state index is -0.0525. The van der Waals surface area contributed by atoms with E-state index in [9.17, 15) is 0 Å². The van der Waals surface area contributed by atoms with Crippen molar-refractivity contribution < 1.29 is 4.74 Å². The van der Waals surface area contributed by atoms with Crippen LogP contribution in [0.15, 0.2) is 36.7 Å². The van der Waals surface area contributed by atoms with Crippen LogP contribution < -0.4 is 5.32 Å². The highest BCUT2D eigenvalue weighted by molar-refractivity contribution is 5.31. The summed E-state index contributed by atoms with van der Waals surface area (Å²) in [5, 5.41) is 11.8. The van der Waals surface area contributed by atoms with Crippen LogP contribution in [0.5, 0.6) is 0 Å². The molecule has 1 fully saturated rings. The van der Waals surface area contributed by atoms with Crippen LogP contribution in [-0.2, 0) is 11.3 Å². The number of aromatic nitrogens is 3. The van der Waals surface area contributed by atoms with Gasteiger partial charge in [0.25, 0.3) is 0 Å². The molecule has 1 aromatic heterocycles. The van der Waals surface area contributed by atoms with Crippen LogP contribution in [0.25, 0.3) is 5.69 Å². The molecule has 0 bridgehead atoms. The molecule has 2 aromatic rings. The van der Waals surface area contributed by atoms with Crippen molar-refractivity contribution in [3.63, 3.8) is 0 Å². The second kappa shape index (κ2) is 6.18. The van der Waals surface area contributed by atoms with E-state index in [-0.39, 0.29) is 5.60 Å². The van der Waals surface area contributed by atoms with E-state index >= 15 is 0 Å². The van der Waals surface area contributed by atoms with Gasteiger partial charge in [-0.2, -0.15) is 0 Å². The van der Waals surface area contributed by atoms with Gasteiger partial charge in [-0.3, -0.25) is 4.57 Å². The summed E-state index contributed by atoms with van der Waals surface area (Å²) in [6.45, 7) is 7.05. The van der Waals surface area contributed by atoms with Crippen molar-refractivity contribution >= 4 is 0 Å². The van der Waals surface area contributed by atoms with E-state index in [4.69, 9.17) is 4.74 Å². The molecule has 5 nitrogen and oxygen atoms in total. The van der Waals surface area contributed by atoms with Crippen LogP contribution in [0.4, 0.5) is 0 Å². The minimum Gasteiger partial charge on any atom is -0.373 e. The number of para-hydroxylation sites is 1. The van der Waals surface area contributed by atoms with Gasteiger partial charge in [0.15, 0.2) is 5.82 Å². The van der Waals surface area contributed by atoms with Crippen LogP contribution in [0.2, 0.25) is 0 Å². The zero-order chi connectivity index (χ0) is 15.6. The minimum absolute atomic E-state index is 0.0525. The van der Waals surface area contributed by atoms with E-state index < -0.39 is 0 Å². The molecule has 0 saturated heterocycles. The zero-order valence-corrected chi connectivity index (χ0v) is 13.5. The lowest BCUT2D eigenvalue weighted by molar-refractivity contribution is -0.102. The Labute approximate surface area is 131 Å². The summed E-state index contributed by atoms with van der Waals surface area (Å²) in [6.07, 6.45) is 4.27. The largest absolute Gasteiger partial charge is 0.373 e. The molecule has 0 atom stereocenters. The highest BCUT2D eigenvalue weighted by Crippen LogP contribution is 2.27. The molecular formula is C17H24N4O. The summed E-state index contributed by atoms with van der Waals surface area (Å²) in [4.78, 5) is 0. The Kier molecular flexibility index (Phi) is 4.27. The number of hydrogen-bond acceptors (Lipinski definition) is 4. The lowest BCUT2D eigenvalue weighted by atomic mass is 9.88. The van der Waals surface area contributed by atoms with Crippen molar-refractivity contribution in [1.82, 2.24) is 20.1 Å². The summed E-state index contributed by atoms with van der Waals surface area (Å²) in [5.41, 5.74) is 1.04. The maximum absolute atomic E-state index is 5.96. The number of nitrogens with zero attached hydrogens (tertiary/aromatic N) is 3. The topological polar surface area (TPSA) is 52.0 Å². The van der Waals surface area contributed by atoms with Crippen LogP contribution >= 0.6 is 0 Å². The predicted octanol–water partition coefficient (Wildman–Crippen LogP) is 2.70. The van der Waals surface area contributed by atoms with Gasteiger partial charge < -0.3 is 10.1 Å². The first-order valence-corrected chi connectivity index (χ1v) is 7.87. The van der Waals surface area contributed by atoms with Gasteiger partial charge in [0.05, 0.1) is 18.2 Å². The van der Waals surface area contributed by atoms with Gasteiger partial charge in [-0.05, 0) is 45.7 Å². The Bertz CT molecular complexity index is 597. The summed E-state index contributed by atoms with van der Waals surface area (Å²) in [6, 6.07) is 10.7. The van der Waals surface area contributed by atoms with Crippen LogP contribution in [0.1, 0.15) is 39.4 Å². The van der Waals surface area contributed by atoms with Crippen molar-refractivity contribution in [3.8, 4) is 5.69 Å². The van der Waals surface area contributed by atoms with Crippen molar-refractivity contribution in [2.45, 2.75) is 57.9 Å². The fraction of sp³-hybridized carbons (Fsp3) is 0.529. The molecule has 22 heavy (non-hydrogen) atoms. The molecule has 0 aliphatic heterocycles. The first-order chi connectivity index (χ1) is 10.5. The summed E-state index contributed by atoms with van der Waals surface area (Å²) >= 11 is 0. The Morgan fingerprint density at radius 3 is 2.64 bits per heavy atom. The van der Waals surface area contributed by atoms with E-state index in [2.05, 4.69) is 48.4 Å². The Morgan fingerprint density at radius 2 is 1.95 bits per heavy atom. The molecule has 5 heteroatoms. The molecular weight excluding hydrogens is 276 g/mol. The fourth-order valence-corrected chi connectivity index (χ4v) is 2.75. The third kappa shape index (κ3) is 3.72. The molecule has 1 saturated carbocycles. The van der Waals surface area contributed by atoms with Gasteiger partial charge in [0.2, 0.25) is 0 Å². The van der Waals surface area contributed by atoms with Crippen molar-refractivity contribution in [2.75, 3.05) is 0 Å². The Balaban J connectivity index is 1.51. The van der Waals surface area contributed by atoms with Crippen molar-refractivity contribution in [1.29, 1.82) is 0 Å². The fourth-order valence-electron chi connectivity index (χ4n) is 2.75. The highest BCUT2D eigenvalue weighted by Gasteiger charge is 2.32. The number of nitrogens with one attached hydrogen (secondary N) is 1. The van der Waals surface area contributed by atoms with E-state index in [1.165, 1.54) is 0 Å². The van der Waals surface area contributed by atoms with Crippen LogP contribution in [0.3, 0.4) is 0 Å². The number of ether oxygens (including phenoxy) is 1. The maximum Gasteiger partial charge on any atom is 0.151 e. The van der Waals surface area contributed by atoms with E-state index in [0.717, 1.165) is 30.9 Å². The monoisotopic (exact) mass is 300 g/mol. The van der Waals surface area contributed by atoms with E-state index in [1.54, 1.807) is 6.33 Å². The molecule has 1 N–H and O–H groups in total. The number of benzene rings is 1. The van der Waals surface area contributed by atoms with E-state index in [0.29, 0.717) is 12.1 Å². The SMILES string of the molecule is CC(C)(C)OC1CC(NCc2nncn2-c2ccccc2)C1. The molecule has 0 unspecified atom stereocenters. The molecule has 1 aliphatic rings. The molecule has 3 rings (SSSR count). The van der Waals surface area contributed by atoms with Crippen molar-refractivity contribution in [3.05, 3.63) is 42.5 Å². The Morgan fingerprint density at radius 1 is 1.23 bits per heavy atom. The summed E-state index contributed by atoms with van der Waals surface area (Å²) in [5.74, 6) is 0.936. The number of hydrogen-bond donors (Lipinski definition) is 1. The zero-order valence-electron chi connectivity index (χ0n) is 13.5. The number of rotatable bonds is 5. The molecule has 1 aliphatic carbocycles. The van der Waals surface area contributed by atoms with Gasteiger partial charge in [0, 0.05) is 11.7 Å². The first-order valence-electron chi connectivity index (χ1n) is 7.87. The first kappa shape index (κ1) is 15.2. The molecule has 0 spiro atoms. The Hall–Kier alpha value is -1.72. The normalized spacial score (nSPS) is 21.6. The lowest BCUT2D eigenvalue weighted by Gasteiger charge is -2.39. The molecule has 0 radical (unpaired) electrons. The van der Waals surface area contributed by atoms with Gasteiger partial charge in [0.1, 0.15) is 6.33 Å². The third-order valence-electron chi connectivity index (χ3n) is 3.82. The lowest BCUT2D eigenvalue weighted by Crippen LogP contribution is -2.47. The average molecular weight is 300 g/mol. The maximum atomic E-state index is 5.96. The molecule has 1 heterocycles. The van der Waals surface area contributed by atoms with E-state index in [1.807, 2.05) is 22.8 Å². The average Bonchev–Trinajstić information content (AvgIpc) is 2.89. The summed E-state index contributed by atoms with van der Waals surface area (Å²) in [7, 11) is 0. The molecule has 118 valence electrons. The predicted molar refractivity (Wildman–Crippen MR) is 85.8 cm³/mol. The van der Waals surface area contributed by atoms with Gasteiger partial charge in [-0.1, -0.05) is 18.2 Å². The standard InChI is InChI=1S/C17H24N4O/c1-17(2,3)22-15-9-13(10-15)18-11-16-20-19-12-21(16)14-7-5-4-6-8-14/h4-8,12-13,15,18H,9-11H2,1-3H3. The van der Waals surface area contributed by atoms with Gasteiger partial charge in [-0.25, -0.2) is 0 Å². The van der Waals surface area contributed by atoms with Crippen LogP contribution in [-0.4, -0.2) is 32.5 Å². The highest BCUT2D eigenvalue weighted by atomic mass is 16.5. The second-order valence-corrected chi connectivity index (χ2v) is 6.85. The molecule has 0 amide bonds. The smallest absolute Gasteiger partial charge is 0.151 e. The second-order valence-electron chi connectivity index (χ2n) is 6.85. The third-order valence-corrected chi connectivity index (χ3v) is 3.82. The molecule has 1 aromatic carbocycles. The van der Waals surface area contributed by atoms with Crippen molar-refractivity contribution in [2.24, 2.45) is 0 Å². The van der Waals surface area contributed by atoms with Gasteiger partial charge >= 0.3 is 0 Å². The van der Waals surface area contributed by atoms with Gasteiger partial charge in [-0.15, -0.1) is 10.2 Å². The summed E-state index contributed by atoms with van der Waals surface area (Å²) < 4.78 is 7.98. The van der Waals surface area contributed by atoms with Crippen LogP contribution in [0, 0.1) is 0 Å². The quantitative estimate of drug-likeness (QED) is 0.922.